The first-order valence-electron chi connectivity index (χ1n) is 9.35. The fourth-order valence-electron chi connectivity index (χ4n) is 4.12. The average molecular weight is 420 g/mol. The van der Waals surface area contributed by atoms with Gasteiger partial charge in [0.05, 0.1) is 12.4 Å². The van der Waals surface area contributed by atoms with E-state index >= 15 is 0 Å². The Hall–Kier alpha value is -1.48. The number of hydrogen-bond acceptors (Lipinski definition) is 1. The Kier molecular flexibility index (Phi) is 5.77. The van der Waals surface area contributed by atoms with Gasteiger partial charge in [0.25, 0.3) is 0 Å². The molecule has 27 heavy (non-hydrogen) atoms. The molecule has 140 valence electrons. The summed E-state index contributed by atoms with van der Waals surface area (Å²) in [6.07, 6.45) is 11.9. The number of halogens is 3. The fourth-order valence-corrected chi connectivity index (χ4v) is 4.90. The number of imidazole rings is 1. The number of aromatic nitrogens is 2. The number of hydrogen-bond donors (Lipinski definition) is 0. The second-order valence-corrected chi connectivity index (χ2v) is 8.44. The highest BCUT2D eigenvalue weighted by atomic mass is 35.5. The molecule has 1 fully saturated rings. The molecule has 2 nitrogen and oxygen atoms in total. The molecule has 1 heterocycles. The SMILES string of the molecule is Clc1ccc(C(c2ccc(Cl)c(C3CCCCC3)c2)n2ccnc2)c(Cl)c1. The van der Waals surface area contributed by atoms with Gasteiger partial charge in [-0.25, -0.2) is 4.98 Å². The highest BCUT2D eigenvalue weighted by molar-refractivity contribution is 6.35. The second kappa shape index (κ2) is 8.26. The van der Waals surface area contributed by atoms with E-state index in [-0.39, 0.29) is 6.04 Å². The van der Waals surface area contributed by atoms with E-state index < -0.39 is 0 Å². The van der Waals surface area contributed by atoms with Crippen molar-refractivity contribution in [2.75, 3.05) is 0 Å². The van der Waals surface area contributed by atoms with Crippen LogP contribution in [0.25, 0.3) is 0 Å². The Balaban J connectivity index is 1.81. The van der Waals surface area contributed by atoms with Crippen molar-refractivity contribution in [1.29, 1.82) is 0 Å². The summed E-state index contributed by atoms with van der Waals surface area (Å²) in [5.41, 5.74) is 3.40. The third kappa shape index (κ3) is 4.03. The highest BCUT2D eigenvalue weighted by Crippen LogP contribution is 2.40. The van der Waals surface area contributed by atoms with Gasteiger partial charge >= 0.3 is 0 Å². The third-order valence-corrected chi connectivity index (χ3v) is 6.37. The van der Waals surface area contributed by atoms with E-state index in [0.29, 0.717) is 16.0 Å². The van der Waals surface area contributed by atoms with Gasteiger partial charge in [0.1, 0.15) is 0 Å². The topological polar surface area (TPSA) is 17.8 Å². The van der Waals surface area contributed by atoms with Crippen LogP contribution in [-0.4, -0.2) is 9.55 Å². The van der Waals surface area contributed by atoms with Crippen molar-refractivity contribution in [3.05, 3.63) is 86.9 Å². The van der Waals surface area contributed by atoms with Gasteiger partial charge in [-0.2, -0.15) is 0 Å². The molecule has 5 heteroatoms. The lowest BCUT2D eigenvalue weighted by Crippen LogP contribution is -2.13. The van der Waals surface area contributed by atoms with E-state index in [0.717, 1.165) is 16.1 Å². The highest BCUT2D eigenvalue weighted by Gasteiger charge is 2.23. The molecule has 0 radical (unpaired) electrons. The summed E-state index contributed by atoms with van der Waals surface area (Å²) < 4.78 is 2.07. The number of benzene rings is 2. The van der Waals surface area contributed by atoms with Crippen LogP contribution >= 0.6 is 34.8 Å². The average Bonchev–Trinajstić information content (AvgIpc) is 3.20. The van der Waals surface area contributed by atoms with Crippen molar-refractivity contribution in [1.82, 2.24) is 9.55 Å². The molecule has 1 saturated carbocycles. The van der Waals surface area contributed by atoms with Gasteiger partial charge in [0.2, 0.25) is 0 Å². The Labute approximate surface area is 175 Å². The van der Waals surface area contributed by atoms with E-state index in [1.54, 1.807) is 12.3 Å². The van der Waals surface area contributed by atoms with Crippen LogP contribution in [0.2, 0.25) is 15.1 Å². The third-order valence-electron chi connectivity index (χ3n) is 5.46. The smallest absolute Gasteiger partial charge is 0.0954 e. The van der Waals surface area contributed by atoms with Crippen LogP contribution in [0.4, 0.5) is 0 Å². The van der Waals surface area contributed by atoms with Crippen LogP contribution in [0.1, 0.15) is 60.8 Å². The molecule has 1 aromatic heterocycles. The quantitative estimate of drug-likeness (QED) is 0.427. The molecule has 0 N–H and O–H groups in total. The maximum absolute atomic E-state index is 6.59. The minimum absolute atomic E-state index is 0.0723. The summed E-state index contributed by atoms with van der Waals surface area (Å²) in [4.78, 5) is 4.24. The van der Waals surface area contributed by atoms with E-state index in [4.69, 9.17) is 34.8 Å². The first-order chi connectivity index (χ1) is 13.1. The zero-order valence-electron chi connectivity index (χ0n) is 14.9. The predicted molar refractivity (Wildman–Crippen MR) is 113 cm³/mol. The van der Waals surface area contributed by atoms with Crippen LogP contribution in [0.15, 0.2) is 55.1 Å². The molecule has 2 aromatic carbocycles. The molecule has 0 saturated heterocycles. The molecule has 0 spiro atoms. The van der Waals surface area contributed by atoms with E-state index in [2.05, 4.69) is 21.7 Å². The summed E-state index contributed by atoms with van der Waals surface area (Å²) in [7, 11) is 0. The van der Waals surface area contributed by atoms with E-state index in [9.17, 15) is 0 Å². The van der Waals surface area contributed by atoms with Gasteiger partial charge in [0.15, 0.2) is 0 Å². The predicted octanol–water partition coefficient (Wildman–Crippen LogP) is 7.53. The van der Waals surface area contributed by atoms with Crippen molar-refractivity contribution in [2.45, 2.75) is 44.1 Å². The zero-order chi connectivity index (χ0) is 18.8. The molecule has 4 rings (SSSR count). The monoisotopic (exact) mass is 418 g/mol. The van der Waals surface area contributed by atoms with Crippen molar-refractivity contribution >= 4 is 34.8 Å². The molecule has 1 atom stereocenters. The molecule has 1 aliphatic carbocycles. The molecule has 0 amide bonds. The summed E-state index contributed by atoms with van der Waals surface area (Å²) in [5, 5.41) is 2.14. The molecule has 1 aliphatic rings. The van der Waals surface area contributed by atoms with Gasteiger partial charge < -0.3 is 4.57 Å². The van der Waals surface area contributed by atoms with E-state index in [1.165, 1.54) is 37.7 Å². The fraction of sp³-hybridized carbons (Fsp3) is 0.318. The van der Waals surface area contributed by atoms with Crippen LogP contribution in [-0.2, 0) is 0 Å². The van der Waals surface area contributed by atoms with Gasteiger partial charge in [-0.3, -0.25) is 0 Å². The van der Waals surface area contributed by atoms with Crippen LogP contribution < -0.4 is 0 Å². The minimum atomic E-state index is -0.0723. The lowest BCUT2D eigenvalue weighted by molar-refractivity contribution is 0.443. The normalized spacial score (nSPS) is 16.4. The lowest BCUT2D eigenvalue weighted by atomic mass is 9.83. The Morgan fingerprint density at radius 3 is 2.44 bits per heavy atom. The van der Waals surface area contributed by atoms with Gasteiger partial charge in [-0.15, -0.1) is 0 Å². The van der Waals surface area contributed by atoms with Crippen LogP contribution in [0, 0.1) is 0 Å². The minimum Gasteiger partial charge on any atom is -0.326 e. The molecular formula is C22H21Cl3N2. The molecule has 1 unspecified atom stereocenters. The van der Waals surface area contributed by atoms with Crippen molar-refractivity contribution in [2.24, 2.45) is 0 Å². The Bertz CT molecular complexity index is 915. The largest absolute Gasteiger partial charge is 0.326 e. The number of nitrogens with zero attached hydrogens (tertiary/aromatic N) is 2. The first kappa shape index (κ1) is 18.9. The van der Waals surface area contributed by atoms with Crippen molar-refractivity contribution in [3.8, 4) is 0 Å². The molecule has 0 bridgehead atoms. The van der Waals surface area contributed by atoms with Crippen LogP contribution in [0.3, 0.4) is 0 Å². The maximum Gasteiger partial charge on any atom is 0.0954 e. The van der Waals surface area contributed by atoms with E-state index in [1.807, 2.05) is 30.7 Å². The van der Waals surface area contributed by atoms with Gasteiger partial charge in [-0.05, 0) is 53.6 Å². The van der Waals surface area contributed by atoms with Gasteiger partial charge in [0, 0.05) is 27.5 Å². The zero-order valence-corrected chi connectivity index (χ0v) is 17.2. The lowest BCUT2D eigenvalue weighted by Gasteiger charge is -2.26. The second-order valence-electron chi connectivity index (χ2n) is 7.19. The molecule has 0 aliphatic heterocycles. The van der Waals surface area contributed by atoms with Gasteiger partial charge in [-0.1, -0.05) is 72.3 Å². The maximum atomic E-state index is 6.59. The summed E-state index contributed by atoms with van der Waals surface area (Å²) >= 11 is 19.3. The summed E-state index contributed by atoms with van der Waals surface area (Å²) in [6, 6.07) is 12.0. The Morgan fingerprint density at radius 1 is 0.926 bits per heavy atom. The summed E-state index contributed by atoms with van der Waals surface area (Å²) in [6.45, 7) is 0. The molecule has 3 aromatic rings. The molecular weight excluding hydrogens is 399 g/mol. The van der Waals surface area contributed by atoms with Crippen molar-refractivity contribution < 1.29 is 0 Å². The first-order valence-corrected chi connectivity index (χ1v) is 10.5. The standard InChI is InChI=1S/C22H21Cl3N2/c23-17-7-8-18(21(25)13-17)22(27-11-10-26-14-27)16-6-9-20(24)19(12-16)15-4-2-1-3-5-15/h6-15,22H,1-5H2. The van der Waals surface area contributed by atoms with Crippen molar-refractivity contribution in [3.63, 3.8) is 0 Å². The summed E-state index contributed by atoms with van der Waals surface area (Å²) in [5.74, 6) is 0.537. The Morgan fingerprint density at radius 2 is 1.74 bits per heavy atom. The van der Waals surface area contributed by atoms with Crippen LogP contribution in [0.5, 0.6) is 0 Å². The number of rotatable bonds is 4.